The molecule has 0 saturated heterocycles. The van der Waals surface area contributed by atoms with Gasteiger partial charge in [0.1, 0.15) is 28.9 Å². The summed E-state index contributed by atoms with van der Waals surface area (Å²) in [4.78, 5) is 15.9. The van der Waals surface area contributed by atoms with Crippen molar-refractivity contribution in [2.45, 2.75) is 39.7 Å². The van der Waals surface area contributed by atoms with Crippen LogP contribution in [0.3, 0.4) is 0 Å². The Bertz CT molecular complexity index is 1060. The van der Waals surface area contributed by atoms with Crippen molar-refractivity contribution in [3.8, 4) is 16.9 Å². The van der Waals surface area contributed by atoms with Crippen LogP contribution in [-0.4, -0.2) is 27.2 Å². The van der Waals surface area contributed by atoms with Gasteiger partial charge in [0.05, 0.1) is 0 Å². The zero-order valence-electron chi connectivity index (χ0n) is 16.2. The molecule has 0 aliphatic heterocycles. The fourth-order valence-electron chi connectivity index (χ4n) is 3.34. The molecule has 2 aromatic carbocycles. The molecule has 3 N–H and O–H groups in total. The topological polar surface area (TPSA) is 82.5 Å². The van der Waals surface area contributed by atoms with Crippen molar-refractivity contribution in [2.75, 3.05) is 5.32 Å². The second-order valence-electron chi connectivity index (χ2n) is 7.25. The summed E-state index contributed by atoms with van der Waals surface area (Å²) >= 11 is 0. The number of para-hydroxylation sites is 1. The van der Waals surface area contributed by atoms with Gasteiger partial charge >= 0.3 is 5.97 Å². The summed E-state index contributed by atoms with van der Waals surface area (Å²) in [5.74, 6) is -0.903. The summed E-state index contributed by atoms with van der Waals surface area (Å²) in [6, 6.07) is 9.12. The average molecular weight is 382 g/mol. The van der Waals surface area contributed by atoms with E-state index in [-0.39, 0.29) is 17.5 Å². The van der Waals surface area contributed by atoms with Crippen LogP contribution in [-0.2, 0) is 4.79 Å². The fraction of sp³-hybridized carbons (Fsp3) is 0.273. The predicted molar refractivity (Wildman–Crippen MR) is 108 cm³/mol. The molecule has 3 aromatic rings. The van der Waals surface area contributed by atoms with Crippen LogP contribution in [0.1, 0.15) is 37.8 Å². The number of phenols is 1. The van der Waals surface area contributed by atoms with Gasteiger partial charge in [0, 0.05) is 10.9 Å². The monoisotopic (exact) mass is 382 g/mol. The summed E-state index contributed by atoms with van der Waals surface area (Å²) in [5.41, 5.74) is 3.28. The molecule has 0 radical (unpaired) electrons. The van der Waals surface area contributed by atoms with Gasteiger partial charge in [-0.05, 0) is 54.7 Å². The Morgan fingerprint density at radius 1 is 1.18 bits per heavy atom. The number of aliphatic carboxylic acids is 1. The van der Waals surface area contributed by atoms with Crippen LogP contribution in [0, 0.1) is 12.7 Å². The first-order valence-corrected chi connectivity index (χ1v) is 9.12. The van der Waals surface area contributed by atoms with E-state index in [2.05, 4.69) is 10.3 Å². The molecule has 1 aromatic heterocycles. The number of carboxylic acids is 1. The summed E-state index contributed by atoms with van der Waals surface area (Å²) in [6.07, 6.45) is 0. The molecule has 0 bridgehead atoms. The average Bonchev–Trinajstić information content (AvgIpc) is 2.63. The molecule has 1 atom stereocenters. The van der Waals surface area contributed by atoms with Gasteiger partial charge in [-0.25, -0.2) is 9.37 Å². The number of aromatic nitrogens is 1. The number of rotatable bonds is 5. The zero-order chi connectivity index (χ0) is 20.6. The molecule has 6 heteroatoms. The van der Waals surface area contributed by atoms with Crippen molar-refractivity contribution in [1.29, 1.82) is 0 Å². The standard InChI is InChI=1S/C22H23FN2O3/c1-11(2)18-19(14-8-9-16(23)12(3)10-14)15-6-5-7-17(26)20(15)25-21(18)24-13(4)22(27)28/h5-11,13,26H,1-4H3,(H,24,25)(H,27,28)/t13-/m0/s1. The number of anilines is 1. The number of aryl methyl sites for hydroxylation is 1. The van der Waals surface area contributed by atoms with Crippen LogP contribution >= 0.6 is 0 Å². The van der Waals surface area contributed by atoms with Gasteiger partial charge in [-0.15, -0.1) is 0 Å². The van der Waals surface area contributed by atoms with Gasteiger partial charge in [0.25, 0.3) is 0 Å². The lowest BCUT2D eigenvalue weighted by molar-refractivity contribution is -0.137. The molecule has 0 aliphatic carbocycles. The smallest absolute Gasteiger partial charge is 0.325 e. The van der Waals surface area contributed by atoms with Crippen molar-refractivity contribution < 1.29 is 19.4 Å². The molecular weight excluding hydrogens is 359 g/mol. The van der Waals surface area contributed by atoms with E-state index in [9.17, 15) is 19.4 Å². The summed E-state index contributed by atoms with van der Waals surface area (Å²) < 4.78 is 13.9. The van der Waals surface area contributed by atoms with Crippen LogP contribution in [0.5, 0.6) is 5.75 Å². The number of fused-ring (bicyclic) bond motifs is 1. The van der Waals surface area contributed by atoms with Gasteiger partial charge in [-0.2, -0.15) is 0 Å². The highest BCUT2D eigenvalue weighted by atomic mass is 19.1. The summed E-state index contributed by atoms with van der Waals surface area (Å²) in [7, 11) is 0. The fourth-order valence-corrected chi connectivity index (χ4v) is 3.34. The molecule has 0 spiro atoms. The van der Waals surface area contributed by atoms with E-state index >= 15 is 0 Å². The third-order valence-corrected chi connectivity index (χ3v) is 4.78. The number of hydrogen-bond acceptors (Lipinski definition) is 4. The number of carboxylic acid groups (broad SMARTS) is 1. The van der Waals surface area contributed by atoms with Gasteiger partial charge in [0.15, 0.2) is 0 Å². The van der Waals surface area contributed by atoms with E-state index in [1.807, 2.05) is 19.9 Å². The Morgan fingerprint density at radius 2 is 1.89 bits per heavy atom. The third kappa shape index (κ3) is 3.50. The van der Waals surface area contributed by atoms with Crippen molar-refractivity contribution in [3.63, 3.8) is 0 Å². The van der Waals surface area contributed by atoms with Gasteiger partial charge < -0.3 is 15.5 Å². The molecule has 0 fully saturated rings. The number of nitrogens with zero attached hydrogens (tertiary/aromatic N) is 1. The highest BCUT2D eigenvalue weighted by Crippen LogP contribution is 2.41. The highest BCUT2D eigenvalue weighted by Gasteiger charge is 2.23. The van der Waals surface area contributed by atoms with Crippen LogP contribution < -0.4 is 5.32 Å². The molecule has 0 aliphatic rings. The lowest BCUT2D eigenvalue weighted by Gasteiger charge is -2.22. The summed E-state index contributed by atoms with van der Waals surface area (Å²) in [5, 5.41) is 23.4. The molecule has 0 unspecified atom stereocenters. The van der Waals surface area contributed by atoms with E-state index in [0.717, 1.165) is 22.1 Å². The minimum absolute atomic E-state index is 0.00100. The molecule has 146 valence electrons. The Balaban J connectivity index is 2.41. The quantitative estimate of drug-likeness (QED) is 0.574. The Labute approximate surface area is 162 Å². The van der Waals surface area contributed by atoms with E-state index in [0.29, 0.717) is 16.9 Å². The number of aromatic hydroxyl groups is 1. The van der Waals surface area contributed by atoms with E-state index < -0.39 is 12.0 Å². The highest BCUT2D eigenvalue weighted by molar-refractivity contribution is 6.01. The minimum Gasteiger partial charge on any atom is -0.506 e. The Kier molecular flexibility index (Phi) is 5.23. The number of hydrogen-bond donors (Lipinski definition) is 3. The molecule has 0 saturated carbocycles. The lowest BCUT2D eigenvalue weighted by Crippen LogP contribution is -2.27. The number of benzene rings is 2. The van der Waals surface area contributed by atoms with Crippen LogP contribution in [0.15, 0.2) is 36.4 Å². The summed E-state index contributed by atoms with van der Waals surface area (Å²) in [6.45, 7) is 7.20. The molecule has 28 heavy (non-hydrogen) atoms. The predicted octanol–water partition coefficient (Wildman–Crippen LogP) is 5.06. The molecule has 0 amide bonds. The molecule has 3 rings (SSSR count). The Morgan fingerprint density at radius 3 is 2.50 bits per heavy atom. The second kappa shape index (κ2) is 7.46. The first-order chi connectivity index (χ1) is 13.2. The van der Waals surface area contributed by atoms with Crippen molar-refractivity contribution in [2.24, 2.45) is 0 Å². The van der Waals surface area contributed by atoms with Gasteiger partial charge in [0.2, 0.25) is 0 Å². The van der Waals surface area contributed by atoms with E-state index in [1.54, 1.807) is 25.1 Å². The minimum atomic E-state index is -1.01. The number of carbonyl (C=O) groups is 1. The maximum atomic E-state index is 13.9. The van der Waals surface area contributed by atoms with Gasteiger partial charge in [-0.3, -0.25) is 4.79 Å². The third-order valence-electron chi connectivity index (χ3n) is 4.78. The van der Waals surface area contributed by atoms with Crippen LogP contribution in [0.2, 0.25) is 0 Å². The maximum Gasteiger partial charge on any atom is 0.325 e. The van der Waals surface area contributed by atoms with Crippen LogP contribution in [0.4, 0.5) is 10.2 Å². The first-order valence-electron chi connectivity index (χ1n) is 9.12. The maximum absolute atomic E-state index is 13.9. The first kappa shape index (κ1) is 19.6. The van der Waals surface area contributed by atoms with Crippen LogP contribution in [0.25, 0.3) is 22.0 Å². The zero-order valence-corrected chi connectivity index (χ0v) is 16.2. The lowest BCUT2D eigenvalue weighted by atomic mass is 9.89. The molecule has 5 nitrogen and oxygen atoms in total. The van der Waals surface area contributed by atoms with Crippen molar-refractivity contribution >= 4 is 22.7 Å². The Hall–Kier alpha value is -3.15. The number of pyridine rings is 1. The normalized spacial score (nSPS) is 12.4. The largest absolute Gasteiger partial charge is 0.506 e. The van der Waals surface area contributed by atoms with Crippen molar-refractivity contribution in [1.82, 2.24) is 4.98 Å². The second-order valence-corrected chi connectivity index (χ2v) is 7.25. The van der Waals surface area contributed by atoms with E-state index in [1.165, 1.54) is 19.1 Å². The number of phenolic OH excluding ortho intramolecular Hbond substituents is 1. The number of nitrogens with one attached hydrogen (secondary N) is 1. The van der Waals surface area contributed by atoms with E-state index in [4.69, 9.17) is 0 Å². The number of halogens is 1. The van der Waals surface area contributed by atoms with Gasteiger partial charge in [-0.1, -0.05) is 32.0 Å². The molecular formula is C22H23FN2O3. The van der Waals surface area contributed by atoms with Crippen molar-refractivity contribution in [3.05, 3.63) is 53.3 Å². The SMILES string of the molecule is Cc1cc(-c2c(C(C)C)c(N[C@@H](C)C(=O)O)nc3c(O)cccc23)ccc1F. The molecule has 1 heterocycles.